The Morgan fingerprint density at radius 3 is 2.75 bits per heavy atom. The Hall–Kier alpha value is -1.49. The number of amides is 1. The highest BCUT2D eigenvalue weighted by atomic mass is 32.2. The highest BCUT2D eigenvalue weighted by Gasteiger charge is 2.10. The fourth-order valence-corrected chi connectivity index (χ4v) is 2.47. The maximum atomic E-state index is 11.7. The molecule has 0 aliphatic rings. The van der Waals surface area contributed by atoms with E-state index in [9.17, 15) is 9.59 Å². The molecule has 0 spiro atoms. The maximum absolute atomic E-state index is 11.7. The second-order valence-electron chi connectivity index (χ2n) is 4.36. The first-order valence-corrected chi connectivity index (χ1v) is 7.96. The van der Waals surface area contributed by atoms with Gasteiger partial charge >= 0.3 is 5.97 Å². The molecule has 2 N–H and O–H groups in total. The number of carbonyl (C=O) groups excluding carboxylic acids is 1. The number of aromatic carboxylic acids is 1. The average Bonchev–Trinajstić information content (AvgIpc) is 2.45. The molecular formula is C15H21NO3S. The summed E-state index contributed by atoms with van der Waals surface area (Å²) in [6, 6.07) is 6.81. The first-order chi connectivity index (χ1) is 9.65. The van der Waals surface area contributed by atoms with Crippen LogP contribution in [0.1, 0.15) is 35.7 Å². The molecule has 0 bridgehead atoms. The van der Waals surface area contributed by atoms with Crippen LogP contribution in [0.5, 0.6) is 0 Å². The molecule has 0 saturated carbocycles. The highest BCUT2D eigenvalue weighted by Crippen LogP contribution is 2.11. The molecule has 4 nitrogen and oxygen atoms in total. The third-order valence-electron chi connectivity index (χ3n) is 2.86. The molecule has 1 aromatic rings. The second kappa shape index (κ2) is 9.42. The van der Waals surface area contributed by atoms with E-state index < -0.39 is 5.97 Å². The lowest BCUT2D eigenvalue weighted by atomic mass is 10.0. The molecule has 1 aromatic carbocycles. The SMILES string of the molecule is CCSCCCNC(=O)CCc1ccccc1C(=O)O. The molecule has 1 rings (SSSR count). The Balaban J connectivity index is 2.32. The van der Waals surface area contributed by atoms with Gasteiger partial charge in [0.25, 0.3) is 0 Å². The quantitative estimate of drug-likeness (QED) is 0.687. The van der Waals surface area contributed by atoms with E-state index in [2.05, 4.69) is 12.2 Å². The Labute approximate surface area is 124 Å². The zero-order chi connectivity index (χ0) is 14.8. The number of aryl methyl sites for hydroxylation is 1. The fourth-order valence-electron chi connectivity index (χ4n) is 1.83. The maximum Gasteiger partial charge on any atom is 0.335 e. The van der Waals surface area contributed by atoms with Gasteiger partial charge in [-0.05, 0) is 36.0 Å². The van der Waals surface area contributed by atoms with Crippen molar-refractivity contribution in [3.05, 3.63) is 35.4 Å². The van der Waals surface area contributed by atoms with Crippen LogP contribution in [0.2, 0.25) is 0 Å². The van der Waals surface area contributed by atoms with Crippen LogP contribution in [0.25, 0.3) is 0 Å². The number of carboxylic acids is 1. The van der Waals surface area contributed by atoms with Gasteiger partial charge in [0, 0.05) is 13.0 Å². The largest absolute Gasteiger partial charge is 0.478 e. The minimum absolute atomic E-state index is 0.0216. The van der Waals surface area contributed by atoms with E-state index in [1.165, 1.54) is 0 Å². The Morgan fingerprint density at radius 2 is 2.05 bits per heavy atom. The summed E-state index contributed by atoms with van der Waals surface area (Å²) < 4.78 is 0. The van der Waals surface area contributed by atoms with Crippen LogP contribution < -0.4 is 5.32 Å². The van der Waals surface area contributed by atoms with Crippen molar-refractivity contribution in [2.75, 3.05) is 18.1 Å². The summed E-state index contributed by atoms with van der Waals surface area (Å²) in [5.74, 6) is 1.18. The van der Waals surface area contributed by atoms with Crippen LogP contribution in [-0.4, -0.2) is 35.0 Å². The van der Waals surface area contributed by atoms with Gasteiger partial charge < -0.3 is 10.4 Å². The minimum Gasteiger partial charge on any atom is -0.478 e. The molecule has 0 fully saturated rings. The van der Waals surface area contributed by atoms with E-state index in [1.807, 2.05) is 11.8 Å². The van der Waals surface area contributed by atoms with Crippen LogP contribution in [0, 0.1) is 0 Å². The summed E-state index contributed by atoms with van der Waals surface area (Å²) in [6.45, 7) is 2.80. The molecule has 0 saturated heterocycles. The average molecular weight is 295 g/mol. The summed E-state index contributed by atoms with van der Waals surface area (Å²) in [7, 11) is 0. The number of rotatable bonds is 9. The number of benzene rings is 1. The number of carbonyl (C=O) groups is 2. The molecule has 0 unspecified atom stereocenters. The topological polar surface area (TPSA) is 66.4 Å². The van der Waals surface area contributed by atoms with Crippen LogP contribution in [0.3, 0.4) is 0 Å². The summed E-state index contributed by atoms with van der Waals surface area (Å²) >= 11 is 1.86. The zero-order valence-electron chi connectivity index (χ0n) is 11.7. The van der Waals surface area contributed by atoms with Crippen LogP contribution in [0.4, 0.5) is 0 Å². The van der Waals surface area contributed by atoms with Crippen molar-refractivity contribution >= 4 is 23.6 Å². The summed E-state index contributed by atoms with van der Waals surface area (Å²) in [6.07, 6.45) is 1.75. The van der Waals surface area contributed by atoms with Crippen molar-refractivity contribution in [1.29, 1.82) is 0 Å². The molecule has 0 radical (unpaired) electrons. The molecule has 20 heavy (non-hydrogen) atoms. The zero-order valence-corrected chi connectivity index (χ0v) is 12.5. The van der Waals surface area contributed by atoms with E-state index in [4.69, 9.17) is 5.11 Å². The second-order valence-corrected chi connectivity index (χ2v) is 5.76. The van der Waals surface area contributed by atoms with Gasteiger partial charge in [-0.25, -0.2) is 4.79 Å². The van der Waals surface area contributed by atoms with Gasteiger partial charge in [0.15, 0.2) is 0 Å². The molecule has 1 amide bonds. The van der Waals surface area contributed by atoms with Crippen molar-refractivity contribution in [3.8, 4) is 0 Å². The first-order valence-electron chi connectivity index (χ1n) is 6.80. The van der Waals surface area contributed by atoms with Gasteiger partial charge in [0.1, 0.15) is 0 Å². The van der Waals surface area contributed by atoms with Gasteiger partial charge in [0.05, 0.1) is 5.56 Å². The number of hydrogen-bond donors (Lipinski definition) is 2. The lowest BCUT2D eigenvalue weighted by molar-refractivity contribution is -0.121. The van der Waals surface area contributed by atoms with E-state index in [-0.39, 0.29) is 11.5 Å². The molecule has 110 valence electrons. The lowest BCUT2D eigenvalue weighted by Gasteiger charge is -2.07. The van der Waals surface area contributed by atoms with Crippen molar-refractivity contribution in [2.45, 2.75) is 26.2 Å². The third kappa shape index (κ3) is 6.10. The fraction of sp³-hybridized carbons (Fsp3) is 0.467. The smallest absolute Gasteiger partial charge is 0.335 e. The van der Waals surface area contributed by atoms with E-state index in [1.54, 1.807) is 24.3 Å². The summed E-state index contributed by atoms with van der Waals surface area (Å²) in [5, 5.41) is 11.9. The van der Waals surface area contributed by atoms with Crippen molar-refractivity contribution in [1.82, 2.24) is 5.32 Å². The Morgan fingerprint density at radius 1 is 1.30 bits per heavy atom. The summed E-state index contributed by atoms with van der Waals surface area (Å²) in [5.41, 5.74) is 0.983. The molecule has 0 aromatic heterocycles. The monoisotopic (exact) mass is 295 g/mol. The first kappa shape index (κ1) is 16.6. The number of hydrogen-bond acceptors (Lipinski definition) is 3. The lowest BCUT2D eigenvalue weighted by Crippen LogP contribution is -2.25. The van der Waals surface area contributed by atoms with Crippen molar-refractivity contribution < 1.29 is 14.7 Å². The predicted octanol–water partition coefficient (Wildman–Crippen LogP) is 2.58. The van der Waals surface area contributed by atoms with Gasteiger partial charge in [0.2, 0.25) is 5.91 Å². The minimum atomic E-state index is -0.947. The highest BCUT2D eigenvalue weighted by molar-refractivity contribution is 7.99. The molecule has 0 aliphatic heterocycles. The summed E-state index contributed by atoms with van der Waals surface area (Å²) in [4.78, 5) is 22.7. The van der Waals surface area contributed by atoms with Crippen LogP contribution in [0.15, 0.2) is 24.3 Å². The van der Waals surface area contributed by atoms with E-state index in [0.29, 0.717) is 24.9 Å². The number of nitrogens with one attached hydrogen (secondary N) is 1. The van der Waals surface area contributed by atoms with Gasteiger partial charge in [-0.3, -0.25) is 4.79 Å². The van der Waals surface area contributed by atoms with Gasteiger partial charge in [-0.15, -0.1) is 0 Å². The molecule has 0 heterocycles. The number of carboxylic acid groups (broad SMARTS) is 1. The molecule has 5 heteroatoms. The predicted molar refractivity (Wildman–Crippen MR) is 82.3 cm³/mol. The van der Waals surface area contributed by atoms with E-state index in [0.717, 1.165) is 17.9 Å². The Bertz CT molecular complexity index is 448. The van der Waals surface area contributed by atoms with Crippen molar-refractivity contribution in [3.63, 3.8) is 0 Å². The standard InChI is InChI=1S/C15H21NO3S/c1-2-20-11-5-10-16-14(17)9-8-12-6-3-4-7-13(12)15(18)19/h3-4,6-7H,2,5,8-11H2,1H3,(H,16,17)(H,18,19). The van der Waals surface area contributed by atoms with E-state index >= 15 is 0 Å². The molecule has 0 atom stereocenters. The molecule has 0 aliphatic carbocycles. The van der Waals surface area contributed by atoms with Gasteiger partial charge in [-0.1, -0.05) is 25.1 Å². The van der Waals surface area contributed by atoms with Crippen LogP contribution in [-0.2, 0) is 11.2 Å². The molecular weight excluding hydrogens is 274 g/mol. The third-order valence-corrected chi connectivity index (χ3v) is 3.85. The van der Waals surface area contributed by atoms with Crippen molar-refractivity contribution in [2.24, 2.45) is 0 Å². The number of thioether (sulfide) groups is 1. The van der Waals surface area contributed by atoms with Crippen LogP contribution >= 0.6 is 11.8 Å². The normalized spacial score (nSPS) is 10.2. The Kier molecular flexibility index (Phi) is 7.80. The van der Waals surface area contributed by atoms with Gasteiger partial charge in [-0.2, -0.15) is 11.8 Å².